The third kappa shape index (κ3) is 3.10. The van der Waals surface area contributed by atoms with E-state index in [9.17, 15) is 4.79 Å². The monoisotopic (exact) mass is 385 g/mol. The van der Waals surface area contributed by atoms with Crippen molar-refractivity contribution in [3.63, 3.8) is 0 Å². The number of aryl methyl sites for hydroxylation is 1. The summed E-state index contributed by atoms with van der Waals surface area (Å²) in [6.07, 6.45) is 0.727. The predicted molar refractivity (Wildman–Crippen MR) is 108 cm³/mol. The van der Waals surface area contributed by atoms with E-state index >= 15 is 0 Å². The molecule has 0 radical (unpaired) electrons. The highest BCUT2D eigenvalue weighted by Crippen LogP contribution is 2.33. The number of nitrogens with one attached hydrogen (secondary N) is 1. The van der Waals surface area contributed by atoms with Gasteiger partial charge < -0.3 is 5.32 Å². The average molecular weight is 386 g/mol. The van der Waals surface area contributed by atoms with E-state index in [1.54, 1.807) is 11.3 Å². The Kier molecular flexibility index (Phi) is 4.04. The van der Waals surface area contributed by atoms with Crippen molar-refractivity contribution >= 4 is 48.7 Å². The van der Waals surface area contributed by atoms with Gasteiger partial charge in [-0.2, -0.15) is 4.52 Å². The predicted octanol–water partition coefficient (Wildman–Crippen LogP) is 4.36. The first kappa shape index (κ1) is 17.1. The Labute approximate surface area is 158 Å². The second kappa shape index (κ2) is 6.14. The zero-order valence-electron chi connectivity index (χ0n) is 15.0. The lowest BCUT2D eigenvalue weighted by Crippen LogP contribution is -2.15. The fourth-order valence-corrected chi connectivity index (χ4v) is 4.44. The van der Waals surface area contributed by atoms with E-state index in [4.69, 9.17) is 4.98 Å². The number of nitrogens with zero attached hydrogens (tertiary/aromatic N) is 4. The first-order chi connectivity index (χ1) is 12.3. The second-order valence-corrected chi connectivity index (χ2v) is 9.10. The molecule has 0 atom stereocenters. The van der Waals surface area contributed by atoms with Gasteiger partial charge in [0.15, 0.2) is 0 Å². The molecule has 0 saturated carbocycles. The zero-order valence-corrected chi connectivity index (χ0v) is 16.7. The lowest BCUT2D eigenvalue weighted by Gasteiger charge is -2.13. The molecule has 0 aliphatic heterocycles. The van der Waals surface area contributed by atoms with Gasteiger partial charge in [-0.15, -0.1) is 16.4 Å². The molecule has 3 heterocycles. The molecule has 0 spiro atoms. The summed E-state index contributed by atoms with van der Waals surface area (Å²) in [5.74, 6) is 0. The summed E-state index contributed by atoms with van der Waals surface area (Å²) in [5, 5.41) is 9.39. The molecule has 26 heavy (non-hydrogen) atoms. The summed E-state index contributed by atoms with van der Waals surface area (Å²) < 4.78 is 2.47. The maximum Gasteiger partial charge on any atom is 0.275 e. The summed E-state index contributed by atoms with van der Waals surface area (Å²) in [6.45, 7) is 8.48. The Hall–Kier alpha value is -2.32. The van der Waals surface area contributed by atoms with Crippen LogP contribution in [0.15, 0.2) is 29.1 Å². The van der Waals surface area contributed by atoms with Crippen LogP contribution >= 0.6 is 22.7 Å². The number of fused-ring (bicyclic) bond motifs is 2. The van der Waals surface area contributed by atoms with E-state index < -0.39 is 0 Å². The second-order valence-electron chi connectivity index (χ2n) is 7.12. The van der Waals surface area contributed by atoms with Crippen LogP contribution in [0, 0.1) is 0 Å². The lowest BCUT2D eigenvalue weighted by molar-refractivity contribution is 0.587. The standard InChI is InChI=1S/C18H19N5OS2/c1-5-10-9-14(24)23-17(20-10)26-16(22-23)19-11-6-7-12-13(8-11)25-15(21-12)18(2,3)4/h6-9H,5H2,1-4H3,(H,19,22). The Morgan fingerprint density at radius 2 is 1.96 bits per heavy atom. The molecule has 3 aromatic heterocycles. The molecule has 1 aromatic carbocycles. The van der Waals surface area contributed by atoms with Gasteiger partial charge in [-0.05, 0) is 24.6 Å². The van der Waals surface area contributed by atoms with Gasteiger partial charge in [-0.1, -0.05) is 39.0 Å². The topological polar surface area (TPSA) is 72.2 Å². The zero-order chi connectivity index (χ0) is 18.5. The van der Waals surface area contributed by atoms with Crippen molar-refractivity contribution in [3.05, 3.63) is 45.3 Å². The van der Waals surface area contributed by atoms with Crippen molar-refractivity contribution in [3.8, 4) is 0 Å². The molecule has 0 saturated heterocycles. The highest BCUT2D eigenvalue weighted by molar-refractivity contribution is 7.20. The van der Waals surface area contributed by atoms with Gasteiger partial charge in [0.25, 0.3) is 5.56 Å². The van der Waals surface area contributed by atoms with Crippen LogP contribution in [0.4, 0.5) is 10.8 Å². The third-order valence-corrected chi connectivity index (χ3v) is 6.21. The van der Waals surface area contributed by atoms with E-state index in [1.807, 2.05) is 19.1 Å². The summed E-state index contributed by atoms with van der Waals surface area (Å²) in [6, 6.07) is 7.60. The fraction of sp³-hybridized carbons (Fsp3) is 0.333. The van der Waals surface area contributed by atoms with Gasteiger partial charge in [0.2, 0.25) is 10.1 Å². The first-order valence-electron chi connectivity index (χ1n) is 8.41. The lowest BCUT2D eigenvalue weighted by atomic mass is 9.98. The molecular formula is C18H19N5OS2. The fourth-order valence-electron chi connectivity index (χ4n) is 2.53. The molecule has 134 valence electrons. The van der Waals surface area contributed by atoms with Crippen LogP contribution in [0.5, 0.6) is 0 Å². The molecule has 0 bridgehead atoms. The maximum absolute atomic E-state index is 12.1. The van der Waals surface area contributed by atoms with Gasteiger partial charge in [0.05, 0.1) is 15.2 Å². The van der Waals surface area contributed by atoms with Crippen LogP contribution < -0.4 is 10.9 Å². The number of hydrogen-bond acceptors (Lipinski definition) is 7. The normalized spacial score (nSPS) is 12.2. The highest BCUT2D eigenvalue weighted by Gasteiger charge is 2.19. The Morgan fingerprint density at radius 1 is 1.15 bits per heavy atom. The van der Waals surface area contributed by atoms with Crippen LogP contribution in [0.1, 0.15) is 38.4 Å². The van der Waals surface area contributed by atoms with Crippen molar-refractivity contribution in [2.45, 2.75) is 39.5 Å². The quantitative estimate of drug-likeness (QED) is 0.567. The van der Waals surface area contributed by atoms with E-state index in [2.05, 4.69) is 42.2 Å². The Balaban J connectivity index is 1.69. The molecule has 0 amide bonds. The number of rotatable bonds is 3. The van der Waals surface area contributed by atoms with E-state index in [-0.39, 0.29) is 11.0 Å². The maximum atomic E-state index is 12.1. The Bertz CT molecular complexity index is 1170. The van der Waals surface area contributed by atoms with Crippen molar-refractivity contribution in [1.29, 1.82) is 0 Å². The van der Waals surface area contributed by atoms with E-state index in [0.29, 0.717) is 10.1 Å². The SMILES string of the molecule is CCc1cc(=O)n2nc(Nc3ccc4nc(C(C)(C)C)sc4c3)sc2n1. The number of benzene rings is 1. The van der Waals surface area contributed by atoms with Crippen molar-refractivity contribution < 1.29 is 0 Å². The van der Waals surface area contributed by atoms with Gasteiger partial charge in [0.1, 0.15) is 0 Å². The Morgan fingerprint density at radius 3 is 2.69 bits per heavy atom. The molecule has 6 nitrogen and oxygen atoms in total. The summed E-state index contributed by atoms with van der Waals surface area (Å²) in [5.41, 5.74) is 2.59. The van der Waals surface area contributed by atoms with Gasteiger partial charge >= 0.3 is 0 Å². The van der Waals surface area contributed by atoms with Crippen molar-refractivity contribution in [2.24, 2.45) is 0 Å². The number of thiazole rings is 1. The summed E-state index contributed by atoms with van der Waals surface area (Å²) in [7, 11) is 0. The van der Waals surface area contributed by atoms with Crippen molar-refractivity contribution in [1.82, 2.24) is 19.6 Å². The number of anilines is 2. The van der Waals surface area contributed by atoms with Crippen molar-refractivity contribution in [2.75, 3.05) is 5.32 Å². The highest BCUT2D eigenvalue weighted by atomic mass is 32.1. The molecular weight excluding hydrogens is 366 g/mol. The molecule has 0 unspecified atom stereocenters. The third-order valence-electron chi connectivity index (χ3n) is 3.94. The molecule has 0 fully saturated rings. The summed E-state index contributed by atoms with van der Waals surface area (Å²) in [4.78, 5) is 21.9. The average Bonchev–Trinajstić information content (AvgIpc) is 3.17. The molecule has 0 aliphatic rings. The summed E-state index contributed by atoms with van der Waals surface area (Å²) >= 11 is 3.07. The van der Waals surface area contributed by atoms with E-state index in [1.165, 1.54) is 21.9 Å². The van der Waals surface area contributed by atoms with Gasteiger partial charge in [-0.25, -0.2) is 9.97 Å². The van der Waals surface area contributed by atoms with Gasteiger partial charge in [0, 0.05) is 22.9 Å². The van der Waals surface area contributed by atoms with Crippen LogP contribution in [0.25, 0.3) is 15.2 Å². The molecule has 4 aromatic rings. The minimum atomic E-state index is -0.149. The minimum Gasteiger partial charge on any atom is -0.330 e. The number of hydrogen-bond donors (Lipinski definition) is 1. The largest absolute Gasteiger partial charge is 0.330 e. The van der Waals surface area contributed by atoms with E-state index in [0.717, 1.165) is 33.0 Å². The van der Waals surface area contributed by atoms with Crippen LogP contribution in [0.3, 0.4) is 0 Å². The smallest absolute Gasteiger partial charge is 0.275 e. The van der Waals surface area contributed by atoms with Crippen LogP contribution in [-0.2, 0) is 11.8 Å². The molecule has 1 N–H and O–H groups in total. The molecule has 8 heteroatoms. The van der Waals surface area contributed by atoms with Crippen LogP contribution in [-0.4, -0.2) is 19.6 Å². The van der Waals surface area contributed by atoms with Crippen LogP contribution in [0.2, 0.25) is 0 Å². The number of aromatic nitrogens is 4. The minimum absolute atomic E-state index is 0.0358. The molecule has 4 rings (SSSR count). The first-order valence-corrected chi connectivity index (χ1v) is 10.0. The van der Waals surface area contributed by atoms with Gasteiger partial charge in [-0.3, -0.25) is 4.79 Å². The molecule has 0 aliphatic carbocycles.